The fourth-order valence-corrected chi connectivity index (χ4v) is 2.99. The summed E-state index contributed by atoms with van der Waals surface area (Å²) in [5.41, 5.74) is 1.98. The molecule has 1 N–H and O–H groups in total. The number of aryl methyl sites for hydroxylation is 1. The number of piperidine rings is 1. The van der Waals surface area contributed by atoms with Crippen LogP contribution in [0.25, 0.3) is 0 Å². The van der Waals surface area contributed by atoms with Crippen molar-refractivity contribution in [3.05, 3.63) is 46.7 Å². The van der Waals surface area contributed by atoms with Gasteiger partial charge in [0.1, 0.15) is 5.69 Å². The Labute approximate surface area is 147 Å². The molecule has 2 heterocycles. The fraction of sp³-hybridized carbons (Fsp3) is 0.389. The van der Waals surface area contributed by atoms with E-state index in [1.165, 1.54) is 0 Å². The highest BCUT2D eigenvalue weighted by Crippen LogP contribution is 2.20. The molecule has 24 heavy (non-hydrogen) atoms. The normalized spacial score (nSPS) is 15.4. The molecule has 1 amide bonds. The van der Waals surface area contributed by atoms with E-state index in [0.717, 1.165) is 37.3 Å². The summed E-state index contributed by atoms with van der Waals surface area (Å²) >= 11 is 6.00. The van der Waals surface area contributed by atoms with Gasteiger partial charge in [-0.25, -0.2) is 9.97 Å². The Morgan fingerprint density at radius 2 is 2.00 bits per heavy atom. The third-order valence-electron chi connectivity index (χ3n) is 4.22. The summed E-state index contributed by atoms with van der Waals surface area (Å²) in [6, 6.07) is 9.06. The number of hydrogen-bond acceptors (Lipinski definition) is 4. The molecule has 0 spiro atoms. The van der Waals surface area contributed by atoms with Gasteiger partial charge in [-0.3, -0.25) is 4.79 Å². The maximum atomic E-state index is 12.7. The number of carbonyl (C=O) groups is 1. The monoisotopic (exact) mass is 344 g/mol. The van der Waals surface area contributed by atoms with Crippen molar-refractivity contribution in [1.29, 1.82) is 0 Å². The van der Waals surface area contributed by atoms with E-state index in [1.807, 2.05) is 24.0 Å². The minimum Gasteiger partial charge on any atom is -0.337 e. The zero-order chi connectivity index (χ0) is 17.1. The Bertz CT molecular complexity index is 742. The molecular formula is C18H21ClN4O. The number of nitrogens with one attached hydrogen (secondary N) is 1. The summed E-state index contributed by atoms with van der Waals surface area (Å²) in [6.45, 7) is 5.67. The molecule has 1 aliphatic rings. The van der Waals surface area contributed by atoms with Crippen LogP contribution in [-0.4, -0.2) is 33.9 Å². The molecule has 3 rings (SSSR count). The maximum Gasteiger partial charge on any atom is 0.272 e. The first-order valence-electron chi connectivity index (χ1n) is 8.19. The quantitative estimate of drug-likeness (QED) is 0.912. The maximum absolute atomic E-state index is 12.7. The highest BCUT2D eigenvalue weighted by atomic mass is 35.5. The summed E-state index contributed by atoms with van der Waals surface area (Å²) in [7, 11) is 0. The van der Waals surface area contributed by atoms with Crippen molar-refractivity contribution in [2.75, 3.05) is 18.4 Å². The van der Waals surface area contributed by atoms with Gasteiger partial charge in [-0.2, -0.15) is 0 Å². The number of carbonyl (C=O) groups excluding carboxylic acids is 1. The summed E-state index contributed by atoms with van der Waals surface area (Å²) in [5, 5.41) is 3.74. The van der Waals surface area contributed by atoms with Gasteiger partial charge in [-0.05, 0) is 49.9 Å². The van der Waals surface area contributed by atoms with Gasteiger partial charge >= 0.3 is 0 Å². The molecule has 126 valence electrons. The topological polar surface area (TPSA) is 58.1 Å². The lowest BCUT2D eigenvalue weighted by Gasteiger charge is -2.30. The van der Waals surface area contributed by atoms with Crippen LogP contribution in [0.5, 0.6) is 0 Å². The minimum atomic E-state index is -0.0263. The van der Waals surface area contributed by atoms with Gasteiger partial charge in [0.25, 0.3) is 5.91 Å². The third-order valence-corrected chi connectivity index (χ3v) is 4.46. The lowest BCUT2D eigenvalue weighted by Crippen LogP contribution is -2.38. The number of aromatic nitrogens is 2. The van der Waals surface area contributed by atoms with Crippen LogP contribution in [0.3, 0.4) is 0 Å². The highest BCUT2D eigenvalue weighted by Gasteiger charge is 2.23. The average molecular weight is 345 g/mol. The third kappa shape index (κ3) is 4.03. The molecule has 2 aromatic rings. The number of benzene rings is 1. The number of likely N-dealkylation sites (tertiary alicyclic amines) is 1. The lowest BCUT2D eigenvalue weighted by molar-refractivity contribution is 0.0691. The number of anilines is 2. The van der Waals surface area contributed by atoms with Crippen molar-refractivity contribution in [2.45, 2.75) is 26.7 Å². The summed E-state index contributed by atoms with van der Waals surface area (Å²) < 4.78 is 0. The van der Waals surface area contributed by atoms with E-state index in [2.05, 4.69) is 22.2 Å². The van der Waals surface area contributed by atoms with Crippen LogP contribution in [0.15, 0.2) is 30.3 Å². The minimum absolute atomic E-state index is 0.0263. The van der Waals surface area contributed by atoms with Crippen molar-refractivity contribution >= 4 is 29.1 Å². The van der Waals surface area contributed by atoms with Crippen LogP contribution in [-0.2, 0) is 0 Å². The van der Waals surface area contributed by atoms with E-state index in [4.69, 9.17) is 11.6 Å². The molecule has 5 nitrogen and oxygen atoms in total. The Morgan fingerprint density at radius 1 is 1.25 bits per heavy atom. The predicted molar refractivity (Wildman–Crippen MR) is 95.8 cm³/mol. The van der Waals surface area contributed by atoms with Crippen LogP contribution >= 0.6 is 11.6 Å². The molecule has 1 aromatic carbocycles. The zero-order valence-electron chi connectivity index (χ0n) is 13.9. The molecule has 1 saturated heterocycles. The molecule has 0 bridgehead atoms. The predicted octanol–water partition coefficient (Wildman–Crippen LogP) is 4.05. The molecule has 0 unspecified atom stereocenters. The Balaban J connectivity index is 1.79. The van der Waals surface area contributed by atoms with Crippen molar-refractivity contribution in [3.8, 4) is 0 Å². The molecule has 0 aliphatic carbocycles. The van der Waals surface area contributed by atoms with E-state index < -0.39 is 0 Å². The van der Waals surface area contributed by atoms with Crippen LogP contribution in [0.1, 0.15) is 35.9 Å². The van der Waals surface area contributed by atoms with Gasteiger partial charge in [0.2, 0.25) is 5.95 Å². The first-order valence-corrected chi connectivity index (χ1v) is 8.56. The number of hydrogen-bond donors (Lipinski definition) is 1. The number of nitrogens with zero attached hydrogens (tertiary/aromatic N) is 3. The van der Waals surface area contributed by atoms with Crippen LogP contribution in [0.2, 0.25) is 5.02 Å². The van der Waals surface area contributed by atoms with E-state index in [9.17, 15) is 4.79 Å². The second-order valence-electron chi connectivity index (χ2n) is 6.33. The van der Waals surface area contributed by atoms with E-state index in [0.29, 0.717) is 22.6 Å². The summed E-state index contributed by atoms with van der Waals surface area (Å²) in [4.78, 5) is 23.3. The first kappa shape index (κ1) is 16.7. The van der Waals surface area contributed by atoms with Crippen molar-refractivity contribution in [3.63, 3.8) is 0 Å². The van der Waals surface area contributed by atoms with E-state index in [1.54, 1.807) is 18.2 Å². The Kier molecular flexibility index (Phi) is 5.00. The fourth-order valence-electron chi connectivity index (χ4n) is 2.80. The van der Waals surface area contributed by atoms with Gasteiger partial charge in [0, 0.05) is 29.5 Å². The van der Waals surface area contributed by atoms with Gasteiger partial charge in [-0.1, -0.05) is 24.6 Å². The largest absolute Gasteiger partial charge is 0.337 e. The molecule has 0 radical (unpaired) electrons. The van der Waals surface area contributed by atoms with Gasteiger partial charge in [0.15, 0.2) is 0 Å². The number of rotatable bonds is 3. The number of halogens is 1. The smallest absolute Gasteiger partial charge is 0.272 e. The van der Waals surface area contributed by atoms with Gasteiger partial charge in [-0.15, -0.1) is 0 Å². The van der Waals surface area contributed by atoms with Crippen molar-refractivity contribution < 1.29 is 4.79 Å². The van der Waals surface area contributed by atoms with Crippen LogP contribution in [0.4, 0.5) is 11.6 Å². The summed E-state index contributed by atoms with van der Waals surface area (Å²) in [5.74, 6) is 1.06. The van der Waals surface area contributed by atoms with E-state index in [-0.39, 0.29) is 5.91 Å². The van der Waals surface area contributed by atoms with Crippen LogP contribution in [0, 0.1) is 12.8 Å². The molecule has 1 fully saturated rings. The van der Waals surface area contributed by atoms with Crippen LogP contribution < -0.4 is 5.32 Å². The average Bonchev–Trinajstić information content (AvgIpc) is 2.54. The highest BCUT2D eigenvalue weighted by molar-refractivity contribution is 6.30. The summed E-state index contributed by atoms with van der Waals surface area (Å²) in [6.07, 6.45) is 2.09. The lowest BCUT2D eigenvalue weighted by atomic mass is 9.99. The second kappa shape index (κ2) is 7.18. The standard InChI is InChI=1S/C18H21ClN4O/c1-12-6-8-23(9-7-12)17(24)16-10-13(2)20-18(22-16)21-15-5-3-4-14(19)11-15/h3-5,10-12H,6-9H2,1-2H3,(H,20,21,22). The van der Waals surface area contributed by atoms with Crippen molar-refractivity contribution in [1.82, 2.24) is 14.9 Å². The Hall–Kier alpha value is -2.14. The zero-order valence-corrected chi connectivity index (χ0v) is 14.7. The van der Waals surface area contributed by atoms with Gasteiger partial charge in [0.05, 0.1) is 0 Å². The molecule has 0 atom stereocenters. The molecule has 1 aromatic heterocycles. The molecular weight excluding hydrogens is 324 g/mol. The van der Waals surface area contributed by atoms with Crippen molar-refractivity contribution in [2.24, 2.45) is 5.92 Å². The molecule has 1 aliphatic heterocycles. The SMILES string of the molecule is Cc1cc(C(=O)N2CCC(C)CC2)nc(Nc2cccc(Cl)c2)n1. The first-order chi connectivity index (χ1) is 11.5. The molecule has 6 heteroatoms. The Morgan fingerprint density at radius 3 is 2.71 bits per heavy atom. The molecule has 0 saturated carbocycles. The van der Waals surface area contributed by atoms with E-state index >= 15 is 0 Å². The second-order valence-corrected chi connectivity index (χ2v) is 6.76. The number of amides is 1. The van der Waals surface area contributed by atoms with Gasteiger partial charge < -0.3 is 10.2 Å².